The summed E-state index contributed by atoms with van der Waals surface area (Å²) < 4.78 is 0. The average Bonchev–Trinajstić information content (AvgIpc) is 3.08. The Bertz CT molecular complexity index is 947. The number of hydrogen-bond acceptors (Lipinski definition) is 1. The van der Waals surface area contributed by atoms with E-state index in [9.17, 15) is 0 Å². The van der Waals surface area contributed by atoms with E-state index in [1.54, 1.807) is 0 Å². The number of nitrogens with one attached hydrogen (secondary N) is 2. The van der Waals surface area contributed by atoms with Gasteiger partial charge in [-0.25, -0.2) is 0 Å². The maximum absolute atomic E-state index is 6.57. The largest absolute Gasteiger partial charge is 0.361 e. The number of hydrogen-bond donors (Lipinski definition) is 2. The van der Waals surface area contributed by atoms with E-state index in [0.717, 1.165) is 39.0 Å². The molecule has 120 valence electrons. The maximum atomic E-state index is 6.57. The van der Waals surface area contributed by atoms with Crippen LogP contribution in [-0.2, 0) is 0 Å². The van der Waals surface area contributed by atoms with Gasteiger partial charge in [-0.15, -0.1) is 0 Å². The zero-order valence-corrected chi connectivity index (χ0v) is 14.3. The number of allylic oxidation sites excluding steroid dienone is 3. The summed E-state index contributed by atoms with van der Waals surface area (Å²) in [7, 11) is 0. The van der Waals surface area contributed by atoms with Crippen molar-refractivity contribution >= 4 is 39.8 Å². The Morgan fingerprint density at radius 1 is 1.17 bits per heavy atom. The van der Waals surface area contributed by atoms with Crippen LogP contribution in [0.2, 0.25) is 0 Å². The van der Waals surface area contributed by atoms with Crippen LogP contribution < -0.4 is 5.32 Å². The molecule has 2 nitrogen and oxygen atoms in total. The third-order valence-corrected chi connectivity index (χ3v) is 4.50. The van der Waals surface area contributed by atoms with Gasteiger partial charge in [0.25, 0.3) is 0 Å². The molecule has 0 amide bonds. The molecule has 0 unspecified atom stereocenters. The molecule has 24 heavy (non-hydrogen) atoms. The van der Waals surface area contributed by atoms with E-state index in [2.05, 4.69) is 29.5 Å². The molecule has 2 N–H and O–H groups in total. The minimum atomic E-state index is 0.610. The number of rotatable bonds is 5. The molecule has 3 rings (SSSR count). The summed E-state index contributed by atoms with van der Waals surface area (Å²) >= 11 is 6.57. The summed E-state index contributed by atoms with van der Waals surface area (Å²) in [5.41, 5.74) is 5.73. The number of anilines is 1. The number of fused-ring (bicyclic) bond motifs is 1. The molecule has 3 heteroatoms. The van der Waals surface area contributed by atoms with Gasteiger partial charge in [0.15, 0.2) is 0 Å². The SMILES string of the molecule is C=Cc1ccccc1C(=C)/C(Cl)=C(\C)Nc1ccc2[nH]ccc2c1. The molecule has 0 atom stereocenters. The molecule has 1 heterocycles. The van der Waals surface area contributed by atoms with Gasteiger partial charge in [-0.05, 0) is 47.9 Å². The zero-order valence-electron chi connectivity index (χ0n) is 13.6. The Morgan fingerprint density at radius 2 is 1.96 bits per heavy atom. The molecule has 0 spiro atoms. The van der Waals surface area contributed by atoms with E-state index < -0.39 is 0 Å². The summed E-state index contributed by atoms with van der Waals surface area (Å²) in [5, 5.41) is 5.12. The molecule has 0 saturated carbocycles. The van der Waals surface area contributed by atoms with Crippen molar-refractivity contribution in [1.82, 2.24) is 4.98 Å². The Labute approximate surface area is 147 Å². The molecule has 0 saturated heterocycles. The highest BCUT2D eigenvalue weighted by Gasteiger charge is 2.10. The Hall–Kier alpha value is -2.71. The predicted octanol–water partition coefficient (Wildman–Crippen LogP) is 6.41. The minimum Gasteiger partial charge on any atom is -0.361 e. The molecular formula is C21H19ClN2. The van der Waals surface area contributed by atoms with E-state index in [-0.39, 0.29) is 0 Å². The second kappa shape index (κ2) is 6.81. The number of aromatic nitrogens is 1. The lowest BCUT2D eigenvalue weighted by Crippen LogP contribution is -1.99. The average molecular weight is 335 g/mol. The fourth-order valence-corrected chi connectivity index (χ4v) is 2.85. The first-order chi connectivity index (χ1) is 11.6. The van der Waals surface area contributed by atoms with Crippen LogP contribution in [-0.4, -0.2) is 4.98 Å². The summed E-state index contributed by atoms with van der Waals surface area (Å²) in [6.07, 6.45) is 3.74. The molecule has 0 radical (unpaired) electrons. The monoisotopic (exact) mass is 334 g/mol. The smallest absolute Gasteiger partial charge is 0.0668 e. The molecule has 0 fully saturated rings. The summed E-state index contributed by atoms with van der Waals surface area (Å²) in [6, 6.07) is 16.1. The van der Waals surface area contributed by atoms with Gasteiger partial charge in [0.2, 0.25) is 0 Å². The van der Waals surface area contributed by atoms with E-state index in [0.29, 0.717) is 5.03 Å². The van der Waals surface area contributed by atoms with Crippen LogP contribution in [0, 0.1) is 0 Å². The van der Waals surface area contributed by atoms with Crippen LogP contribution >= 0.6 is 11.6 Å². The lowest BCUT2D eigenvalue weighted by atomic mass is 10.00. The van der Waals surface area contributed by atoms with Gasteiger partial charge in [0, 0.05) is 28.5 Å². The van der Waals surface area contributed by atoms with Gasteiger partial charge < -0.3 is 10.3 Å². The molecule has 0 aliphatic carbocycles. The Morgan fingerprint density at radius 3 is 2.75 bits per heavy atom. The first-order valence-corrected chi connectivity index (χ1v) is 8.09. The number of halogens is 1. The van der Waals surface area contributed by atoms with Gasteiger partial charge in [-0.2, -0.15) is 0 Å². The predicted molar refractivity (Wildman–Crippen MR) is 106 cm³/mol. The molecular weight excluding hydrogens is 316 g/mol. The quantitative estimate of drug-likeness (QED) is 0.518. The van der Waals surface area contributed by atoms with Crippen LogP contribution in [0.25, 0.3) is 22.6 Å². The maximum Gasteiger partial charge on any atom is 0.0668 e. The van der Waals surface area contributed by atoms with Gasteiger partial charge in [0.1, 0.15) is 0 Å². The van der Waals surface area contributed by atoms with Crippen LogP contribution in [0.3, 0.4) is 0 Å². The minimum absolute atomic E-state index is 0.610. The number of benzene rings is 2. The van der Waals surface area contributed by atoms with Gasteiger partial charge in [-0.1, -0.05) is 55.1 Å². The summed E-state index contributed by atoms with van der Waals surface area (Å²) in [4.78, 5) is 3.19. The van der Waals surface area contributed by atoms with Gasteiger partial charge in [-0.3, -0.25) is 0 Å². The van der Waals surface area contributed by atoms with Gasteiger partial charge >= 0.3 is 0 Å². The molecule has 0 bridgehead atoms. The zero-order chi connectivity index (χ0) is 17.1. The first kappa shape index (κ1) is 16.2. The van der Waals surface area contributed by atoms with E-state index >= 15 is 0 Å². The van der Waals surface area contributed by atoms with Crippen molar-refractivity contribution < 1.29 is 0 Å². The van der Waals surface area contributed by atoms with Crippen molar-refractivity contribution in [2.24, 2.45) is 0 Å². The number of H-pyrrole nitrogens is 1. The molecule has 0 aliphatic heterocycles. The highest BCUT2D eigenvalue weighted by atomic mass is 35.5. The topological polar surface area (TPSA) is 27.8 Å². The van der Waals surface area contributed by atoms with Crippen molar-refractivity contribution in [3.8, 4) is 0 Å². The van der Waals surface area contributed by atoms with E-state index in [4.69, 9.17) is 11.6 Å². The normalized spacial score (nSPS) is 11.9. The fraction of sp³-hybridized carbons (Fsp3) is 0.0476. The van der Waals surface area contributed by atoms with Crippen molar-refractivity contribution in [1.29, 1.82) is 0 Å². The third kappa shape index (κ3) is 3.15. The number of aromatic amines is 1. The second-order valence-corrected chi connectivity index (χ2v) is 5.99. The van der Waals surface area contributed by atoms with Crippen LogP contribution in [0.4, 0.5) is 5.69 Å². The standard InChI is InChI=1S/C21H19ClN2/c1-4-16-7-5-6-8-19(16)14(2)21(22)15(3)24-18-9-10-20-17(13-18)11-12-23-20/h4-13,23-24H,1-2H2,3H3/b21-15-. The molecule has 1 aromatic heterocycles. The highest BCUT2D eigenvalue weighted by Crippen LogP contribution is 2.30. The summed E-state index contributed by atoms with van der Waals surface area (Å²) in [5.74, 6) is 0. The lowest BCUT2D eigenvalue weighted by molar-refractivity contribution is 1.36. The third-order valence-electron chi connectivity index (χ3n) is 3.99. The van der Waals surface area contributed by atoms with Crippen molar-refractivity contribution in [2.75, 3.05) is 5.32 Å². The lowest BCUT2D eigenvalue weighted by Gasteiger charge is -2.13. The summed E-state index contributed by atoms with van der Waals surface area (Å²) in [6.45, 7) is 9.96. The van der Waals surface area contributed by atoms with Crippen LogP contribution in [0.15, 0.2) is 78.6 Å². The fourth-order valence-electron chi connectivity index (χ4n) is 2.70. The molecule has 3 aromatic rings. The van der Waals surface area contributed by atoms with Crippen molar-refractivity contribution in [2.45, 2.75) is 6.92 Å². The van der Waals surface area contributed by atoms with E-state index in [1.807, 2.05) is 61.7 Å². The van der Waals surface area contributed by atoms with Crippen LogP contribution in [0.5, 0.6) is 0 Å². The molecule has 2 aromatic carbocycles. The highest BCUT2D eigenvalue weighted by molar-refractivity contribution is 6.37. The van der Waals surface area contributed by atoms with Crippen molar-refractivity contribution in [3.63, 3.8) is 0 Å². The second-order valence-electron chi connectivity index (χ2n) is 5.61. The molecule has 0 aliphatic rings. The first-order valence-electron chi connectivity index (χ1n) is 7.72. The Balaban J connectivity index is 1.89. The Kier molecular flexibility index (Phi) is 4.59. The van der Waals surface area contributed by atoms with Gasteiger partial charge in [0.05, 0.1) is 5.03 Å². The van der Waals surface area contributed by atoms with Crippen molar-refractivity contribution in [3.05, 3.63) is 89.7 Å². The van der Waals surface area contributed by atoms with E-state index in [1.165, 1.54) is 0 Å². The van der Waals surface area contributed by atoms with Crippen LogP contribution in [0.1, 0.15) is 18.1 Å².